The lowest BCUT2D eigenvalue weighted by Crippen LogP contribution is -2.24. The summed E-state index contributed by atoms with van der Waals surface area (Å²) in [7, 11) is 1.44. The molecule has 7 nitrogen and oxygen atoms in total. The van der Waals surface area contributed by atoms with E-state index in [0.717, 1.165) is 16.0 Å². The Morgan fingerprint density at radius 1 is 1.03 bits per heavy atom. The Balaban J connectivity index is 1.52. The van der Waals surface area contributed by atoms with E-state index in [4.69, 9.17) is 0 Å². The van der Waals surface area contributed by atoms with Crippen molar-refractivity contribution in [2.24, 2.45) is 0 Å². The average Bonchev–Trinajstić information content (AvgIpc) is 2.93. The molecule has 2 aromatic carbocycles. The molecule has 4 rings (SSSR count). The largest absolute Gasteiger partial charge is 0.309 e. The van der Waals surface area contributed by atoms with E-state index < -0.39 is 0 Å². The number of aromatic nitrogens is 2. The van der Waals surface area contributed by atoms with Crippen LogP contribution >= 0.6 is 0 Å². The third-order valence-electron chi connectivity index (χ3n) is 4.76. The SMILES string of the molecule is Cc1cc(CC(=O)Nc2cnc(-c3ccccc3)cn2)c2c(c1)C(=O)N(C)C2=O. The fourth-order valence-corrected chi connectivity index (χ4v) is 3.37. The molecular formula is C22H18N4O3. The number of carbonyl (C=O) groups is 3. The number of aryl methyl sites for hydroxylation is 1. The van der Waals surface area contributed by atoms with Gasteiger partial charge in [-0.15, -0.1) is 0 Å². The summed E-state index contributed by atoms with van der Waals surface area (Å²) in [5.41, 5.74) is 3.60. The standard InChI is InChI=1S/C22H18N4O3/c1-13-8-15(20-16(9-13)21(28)26(2)22(20)29)10-19(27)25-18-12-23-17(11-24-18)14-6-4-3-5-7-14/h3-9,11-12H,10H2,1-2H3,(H,24,25,27). The number of hydrogen-bond donors (Lipinski definition) is 1. The molecule has 2 heterocycles. The minimum atomic E-state index is -0.389. The zero-order valence-corrected chi connectivity index (χ0v) is 16.0. The second-order valence-corrected chi connectivity index (χ2v) is 6.89. The van der Waals surface area contributed by atoms with Gasteiger partial charge >= 0.3 is 0 Å². The first kappa shape index (κ1) is 18.5. The number of nitrogens with one attached hydrogen (secondary N) is 1. The fourth-order valence-electron chi connectivity index (χ4n) is 3.37. The maximum absolute atomic E-state index is 12.5. The molecule has 1 N–H and O–H groups in total. The van der Waals surface area contributed by atoms with Gasteiger partial charge in [-0.3, -0.25) is 24.3 Å². The molecule has 0 spiro atoms. The third-order valence-corrected chi connectivity index (χ3v) is 4.76. The second kappa shape index (κ2) is 7.27. The summed E-state index contributed by atoms with van der Waals surface area (Å²) in [6, 6.07) is 13.0. The van der Waals surface area contributed by atoms with Gasteiger partial charge in [0.15, 0.2) is 5.82 Å². The van der Waals surface area contributed by atoms with Crippen LogP contribution in [0.5, 0.6) is 0 Å². The van der Waals surface area contributed by atoms with Crippen molar-refractivity contribution in [2.45, 2.75) is 13.3 Å². The topological polar surface area (TPSA) is 92.3 Å². The van der Waals surface area contributed by atoms with Gasteiger partial charge in [0.05, 0.1) is 35.6 Å². The van der Waals surface area contributed by atoms with E-state index in [9.17, 15) is 14.4 Å². The number of nitrogens with zero attached hydrogens (tertiary/aromatic N) is 3. The van der Waals surface area contributed by atoms with Crippen LogP contribution in [0.2, 0.25) is 0 Å². The Kier molecular flexibility index (Phi) is 4.64. The van der Waals surface area contributed by atoms with Crippen LogP contribution in [-0.2, 0) is 11.2 Å². The van der Waals surface area contributed by atoms with Crippen molar-refractivity contribution in [1.29, 1.82) is 0 Å². The second-order valence-electron chi connectivity index (χ2n) is 6.89. The molecule has 1 aliphatic heterocycles. The monoisotopic (exact) mass is 386 g/mol. The van der Waals surface area contributed by atoms with Crippen LogP contribution in [0, 0.1) is 6.92 Å². The molecule has 0 saturated heterocycles. The minimum absolute atomic E-state index is 0.0427. The van der Waals surface area contributed by atoms with Gasteiger partial charge < -0.3 is 5.32 Å². The number of benzene rings is 2. The molecule has 0 saturated carbocycles. The highest BCUT2D eigenvalue weighted by Crippen LogP contribution is 2.27. The molecule has 0 radical (unpaired) electrons. The van der Waals surface area contributed by atoms with Crippen molar-refractivity contribution in [3.8, 4) is 11.3 Å². The van der Waals surface area contributed by atoms with E-state index in [-0.39, 0.29) is 24.1 Å². The van der Waals surface area contributed by atoms with Crippen LogP contribution in [0.3, 0.4) is 0 Å². The summed E-state index contributed by atoms with van der Waals surface area (Å²) < 4.78 is 0. The zero-order valence-electron chi connectivity index (χ0n) is 16.0. The van der Waals surface area contributed by atoms with Gasteiger partial charge in [-0.05, 0) is 24.1 Å². The van der Waals surface area contributed by atoms with Crippen LogP contribution < -0.4 is 5.32 Å². The van der Waals surface area contributed by atoms with E-state index in [0.29, 0.717) is 28.2 Å². The zero-order chi connectivity index (χ0) is 20.5. The first-order valence-corrected chi connectivity index (χ1v) is 9.07. The van der Waals surface area contributed by atoms with Crippen molar-refractivity contribution in [3.63, 3.8) is 0 Å². The van der Waals surface area contributed by atoms with Gasteiger partial charge in [0, 0.05) is 12.6 Å². The Morgan fingerprint density at radius 2 is 1.79 bits per heavy atom. The van der Waals surface area contributed by atoms with Crippen LogP contribution in [0.25, 0.3) is 11.3 Å². The fraction of sp³-hybridized carbons (Fsp3) is 0.136. The molecule has 7 heteroatoms. The first-order chi connectivity index (χ1) is 13.9. The van der Waals surface area contributed by atoms with Gasteiger partial charge in [0.1, 0.15) is 0 Å². The molecular weight excluding hydrogens is 368 g/mol. The Morgan fingerprint density at radius 3 is 2.48 bits per heavy atom. The summed E-state index contributed by atoms with van der Waals surface area (Å²) in [4.78, 5) is 46.8. The molecule has 144 valence electrons. The van der Waals surface area contributed by atoms with Crippen molar-refractivity contribution >= 4 is 23.5 Å². The van der Waals surface area contributed by atoms with Crippen molar-refractivity contribution < 1.29 is 14.4 Å². The van der Waals surface area contributed by atoms with Crippen LogP contribution in [0.1, 0.15) is 31.8 Å². The minimum Gasteiger partial charge on any atom is -0.309 e. The highest BCUT2D eigenvalue weighted by Gasteiger charge is 2.35. The number of amides is 3. The molecule has 1 aromatic heterocycles. The average molecular weight is 386 g/mol. The quantitative estimate of drug-likeness (QED) is 0.696. The Hall–Kier alpha value is -3.87. The van der Waals surface area contributed by atoms with Crippen molar-refractivity contribution in [1.82, 2.24) is 14.9 Å². The number of fused-ring (bicyclic) bond motifs is 1. The van der Waals surface area contributed by atoms with Gasteiger partial charge in [-0.1, -0.05) is 36.4 Å². The molecule has 29 heavy (non-hydrogen) atoms. The molecule has 0 bridgehead atoms. The summed E-state index contributed by atoms with van der Waals surface area (Å²) >= 11 is 0. The molecule has 0 unspecified atom stereocenters. The third kappa shape index (κ3) is 3.50. The molecule has 0 fully saturated rings. The lowest BCUT2D eigenvalue weighted by Gasteiger charge is -2.09. The number of imide groups is 1. The summed E-state index contributed by atoms with van der Waals surface area (Å²) in [5, 5.41) is 2.69. The first-order valence-electron chi connectivity index (χ1n) is 9.07. The molecule has 0 atom stereocenters. The highest BCUT2D eigenvalue weighted by atomic mass is 16.2. The van der Waals surface area contributed by atoms with Gasteiger partial charge in [-0.2, -0.15) is 0 Å². The van der Waals surface area contributed by atoms with Crippen LogP contribution in [0.15, 0.2) is 54.9 Å². The summed E-state index contributed by atoms with van der Waals surface area (Å²) in [5.74, 6) is -0.759. The molecule has 0 aliphatic carbocycles. The number of anilines is 1. The van der Waals surface area contributed by atoms with E-state index in [1.165, 1.54) is 13.2 Å². The predicted molar refractivity (Wildman–Crippen MR) is 107 cm³/mol. The highest BCUT2D eigenvalue weighted by molar-refractivity contribution is 6.22. The van der Waals surface area contributed by atoms with Gasteiger partial charge in [0.2, 0.25) is 5.91 Å². The molecule has 3 amide bonds. The summed E-state index contributed by atoms with van der Waals surface area (Å²) in [6.45, 7) is 1.82. The lowest BCUT2D eigenvalue weighted by molar-refractivity contribution is -0.115. The molecule has 1 aliphatic rings. The van der Waals surface area contributed by atoms with E-state index >= 15 is 0 Å². The van der Waals surface area contributed by atoms with E-state index in [2.05, 4.69) is 15.3 Å². The van der Waals surface area contributed by atoms with Gasteiger partial charge in [0.25, 0.3) is 11.8 Å². The maximum atomic E-state index is 12.5. The Bertz CT molecular complexity index is 1120. The maximum Gasteiger partial charge on any atom is 0.261 e. The predicted octanol–water partition coefficient (Wildman–Crippen LogP) is 2.86. The van der Waals surface area contributed by atoms with Crippen molar-refractivity contribution in [2.75, 3.05) is 12.4 Å². The number of rotatable bonds is 4. The number of carbonyl (C=O) groups excluding carboxylic acids is 3. The molecule has 3 aromatic rings. The van der Waals surface area contributed by atoms with E-state index in [1.54, 1.807) is 18.3 Å². The Labute approximate surface area is 167 Å². The van der Waals surface area contributed by atoms with Gasteiger partial charge in [-0.25, -0.2) is 4.98 Å². The van der Waals surface area contributed by atoms with Crippen LogP contribution in [-0.4, -0.2) is 39.6 Å². The lowest BCUT2D eigenvalue weighted by atomic mass is 9.97. The van der Waals surface area contributed by atoms with E-state index in [1.807, 2.05) is 37.3 Å². The summed E-state index contributed by atoms with van der Waals surface area (Å²) in [6.07, 6.45) is 3.04. The van der Waals surface area contributed by atoms with Crippen LogP contribution in [0.4, 0.5) is 5.82 Å². The normalized spacial score (nSPS) is 12.8. The number of hydrogen-bond acceptors (Lipinski definition) is 5. The smallest absolute Gasteiger partial charge is 0.261 e. The van der Waals surface area contributed by atoms with Crippen molar-refractivity contribution in [3.05, 3.63) is 77.1 Å².